The average Bonchev–Trinajstić information content (AvgIpc) is 2.95. The number of esters is 1. The van der Waals surface area contributed by atoms with Gasteiger partial charge in [0.2, 0.25) is 0 Å². The molecule has 2 atom stereocenters. The Morgan fingerprint density at radius 3 is 2.24 bits per heavy atom. The smallest absolute Gasteiger partial charge is 0.344 e. The van der Waals surface area contributed by atoms with Gasteiger partial charge >= 0.3 is 5.97 Å². The number of aromatic nitrogens is 1. The van der Waals surface area contributed by atoms with Crippen LogP contribution in [-0.4, -0.2) is 48.6 Å². The van der Waals surface area contributed by atoms with Crippen molar-refractivity contribution in [2.24, 2.45) is 5.73 Å². The maximum Gasteiger partial charge on any atom is 0.344 e. The molecule has 3 aromatic rings. The fourth-order valence-electron chi connectivity index (χ4n) is 4.76. The number of aryl methyl sites for hydroxylation is 1. The lowest BCUT2D eigenvalue weighted by Gasteiger charge is -2.25. The number of nitrogens with one attached hydrogen (secondary N) is 1. The first kappa shape index (κ1) is 32.6. The fraction of sp³-hybridized carbons (Fsp3) is 0.406. The molecular weight excluding hydrogens is 542 g/mol. The van der Waals surface area contributed by atoms with E-state index in [4.69, 9.17) is 10.5 Å². The van der Waals surface area contributed by atoms with E-state index in [1.807, 2.05) is 32.0 Å². The summed E-state index contributed by atoms with van der Waals surface area (Å²) in [6, 6.07) is 11.7. The molecule has 10 heteroatoms. The van der Waals surface area contributed by atoms with Crippen molar-refractivity contribution in [3.8, 4) is 0 Å². The number of carbonyl (C=O) groups is 2. The van der Waals surface area contributed by atoms with Crippen LogP contribution in [0.25, 0.3) is 0 Å². The highest BCUT2D eigenvalue weighted by molar-refractivity contribution is 5.97. The van der Waals surface area contributed by atoms with Gasteiger partial charge in [0.15, 0.2) is 12.4 Å². The Kier molecular flexibility index (Phi) is 12.4. The largest absolute Gasteiger partial charge is 0.619 e. The summed E-state index contributed by atoms with van der Waals surface area (Å²) in [4.78, 5) is 28.0. The Balaban J connectivity index is 1.81. The van der Waals surface area contributed by atoms with E-state index in [2.05, 4.69) is 18.3 Å². The van der Waals surface area contributed by atoms with E-state index in [9.17, 15) is 23.6 Å². The molecule has 1 heterocycles. The SMILES string of the molecule is CCCN(CCC)C(=O)c1cc(C(=O)O[C@H](CNCc2cccc(CC)c2)[C@@H](N)Cc2cc(F)cc(F)c2)c[n+]([O-])c1. The van der Waals surface area contributed by atoms with E-state index in [-0.39, 0.29) is 30.0 Å². The zero-order valence-corrected chi connectivity index (χ0v) is 24.4. The van der Waals surface area contributed by atoms with E-state index >= 15 is 0 Å². The lowest BCUT2D eigenvalue weighted by molar-refractivity contribution is -0.605. The minimum Gasteiger partial charge on any atom is -0.619 e. The Morgan fingerprint density at radius 1 is 0.952 bits per heavy atom. The summed E-state index contributed by atoms with van der Waals surface area (Å²) >= 11 is 0. The third-order valence-corrected chi connectivity index (χ3v) is 6.80. The number of halogens is 2. The number of amides is 1. The highest BCUT2D eigenvalue weighted by Crippen LogP contribution is 2.15. The molecule has 0 spiro atoms. The molecule has 42 heavy (non-hydrogen) atoms. The molecule has 0 unspecified atom stereocenters. The van der Waals surface area contributed by atoms with Crippen LogP contribution in [0.5, 0.6) is 0 Å². The van der Waals surface area contributed by atoms with Crippen molar-refractivity contribution in [3.05, 3.63) is 106 Å². The molecule has 0 bridgehead atoms. The summed E-state index contributed by atoms with van der Waals surface area (Å²) in [6.45, 7) is 7.61. The number of nitrogens with zero attached hydrogens (tertiary/aromatic N) is 2. The van der Waals surface area contributed by atoms with Gasteiger partial charge in [-0.15, -0.1) is 0 Å². The first-order valence-corrected chi connectivity index (χ1v) is 14.4. The van der Waals surface area contributed by atoms with Gasteiger partial charge in [-0.2, -0.15) is 4.73 Å². The molecule has 2 aromatic carbocycles. The van der Waals surface area contributed by atoms with Gasteiger partial charge in [0.1, 0.15) is 28.9 Å². The van der Waals surface area contributed by atoms with Gasteiger partial charge in [0.25, 0.3) is 5.91 Å². The number of benzene rings is 2. The normalized spacial score (nSPS) is 12.5. The van der Waals surface area contributed by atoms with E-state index < -0.39 is 29.7 Å². The molecule has 1 aromatic heterocycles. The van der Waals surface area contributed by atoms with Gasteiger partial charge in [0.05, 0.1) is 0 Å². The van der Waals surface area contributed by atoms with Crippen LogP contribution in [0.3, 0.4) is 0 Å². The van der Waals surface area contributed by atoms with Gasteiger partial charge in [-0.3, -0.25) is 4.79 Å². The molecule has 0 saturated carbocycles. The lowest BCUT2D eigenvalue weighted by atomic mass is 10.0. The van der Waals surface area contributed by atoms with Crippen molar-refractivity contribution in [2.75, 3.05) is 19.6 Å². The predicted molar refractivity (Wildman–Crippen MR) is 157 cm³/mol. The first-order valence-electron chi connectivity index (χ1n) is 14.4. The Bertz CT molecular complexity index is 1330. The minimum absolute atomic E-state index is 0.0305. The highest BCUT2D eigenvalue weighted by Gasteiger charge is 2.26. The zero-order valence-electron chi connectivity index (χ0n) is 24.4. The van der Waals surface area contributed by atoms with Gasteiger partial charge in [0, 0.05) is 38.3 Å². The molecule has 0 fully saturated rings. The molecule has 226 valence electrons. The van der Waals surface area contributed by atoms with Crippen molar-refractivity contribution in [2.45, 2.75) is 65.1 Å². The standard InChI is InChI=1S/C32H40F2N4O4/c1-4-10-37(11-5-2)31(39)25-16-26(21-38(41)20-25)32(40)42-30(19-36-18-23-9-7-8-22(6-3)12-23)29(35)15-24-13-27(33)17-28(34)14-24/h7-9,12-14,16-17,20-21,29-30,36H,4-6,10-11,15,18-19,35H2,1-3H3/t29-,30+/m0/s1. The van der Waals surface area contributed by atoms with Crippen LogP contribution < -0.4 is 15.8 Å². The second kappa shape index (κ2) is 15.9. The third kappa shape index (κ3) is 9.60. The molecule has 0 saturated heterocycles. The summed E-state index contributed by atoms with van der Waals surface area (Å²) in [5.41, 5.74) is 8.92. The third-order valence-electron chi connectivity index (χ3n) is 6.80. The van der Waals surface area contributed by atoms with Gasteiger partial charge < -0.3 is 25.9 Å². The van der Waals surface area contributed by atoms with Gasteiger partial charge in [-0.1, -0.05) is 45.0 Å². The first-order chi connectivity index (χ1) is 20.1. The maximum atomic E-state index is 13.8. The second-order valence-electron chi connectivity index (χ2n) is 10.4. The Hall–Kier alpha value is -3.89. The Morgan fingerprint density at radius 2 is 1.60 bits per heavy atom. The summed E-state index contributed by atoms with van der Waals surface area (Å²) in [5, 5.41) is 15.6. The molecule has 1 amide bonds. The van der Waals surface area contributed by atoms with Crippen LogP contribution in [0.4, 0.5) is 8.78 Å². The molecule has 0 aliphatic heterocycles. The van der Waals surface area contributed by atoms with Crippen LogP contribution in [0.15, 0.2) is 60.9 Å². The van der Waals surface area contributed by atoms with Crippen molar-refractivity contribution in [3.63, 3.8) is 0 Å². The Labute approximate surface area is 246 Å². The molecule has 8 nitrogen and oxygen atoms in total. The van der Waals surface area contributed by atoms with E-state index in [1.165, 1.54) is 23.8 Å². The molecule has 3 N–H and O–H groups in total. The van der Waals surface area contributed by atoms with E-state index in [0.29, 0.717) is 29.9 Å². The van der Waals surface area contributed by atoms with Gasteiger partial charge in [-0.05, 0) is 60.6 Å². The number of pyridine rings is 1. The molecular formula is C32H40F2N4O4. The predicted octanol–water partition coefficient (Wildman–Crippen LogP) is 4.31. The van der Waals surface area contributed by atoms with Crippen molar-refractivity contribution in [1.29, 1.82) is 0 Å². The van der Waals surface area contributed by atoms with Crippen LogP contribution in [0.1, 0.15) is 71.0 Å². The zero-order chi connectivity index (χ0) is 30.6. The van der Waals surface area contributed by atoms with Crippen molar-refractivity contribution in [1.82, 2.24) is 10.2 Å². The van der Waals surface area contributed by atoms with E-state index in [0.717, 1.165) is 43.3 Å². The maximum absolute atomic E-state index is 13.8. The summed E-state index contributed by atoms with van der Waals surface area (Å²) in [7, 11) is 0. The molecule has 0 radical (unpaired) electrons. The quantitative estimate of drug-likeness (QED) is 0.157. The summed E-state index contributed by atoms with van der Waals surface area (Å²) in [6.07, 6.45) is 3.66. The number of nitrogens with two attached hydrogens (primary N) is 1. The van der Waals surface area contributed by atoms with Crippen LogP contribution >= 0.6 is 0 Å². The monoisotopic (exact) mass is 582 g/mol. The summed E-state index contributed by atoms with van der Waals surface area (Å²) in [5.74, 6) is -2.66. The molecule has 3 rings (SSSR count). The lowest BCUT2D eigenvalue weighted by Crippen LogP contribution is -2.46. The highest BCUT2D eigenvalue weighted by atomic mass is 19.1. The minimum atomic E-state index is -0.922. The van der Waals surface area contributed by atoms with Gasteiger partial charge in [-0.25, -0.2) is 13.6 Å². The second-order valence-corrected chi connectivity index (χ2v) is 10.4. The van der Waals surface area contributed by atoms with Crippen LogP contribution in [-0.2, 0) is 24.1 Å². The molecule has 0 aliphatic rings. The van der Waals surface area contributed by atoms with Crippen molar-refractivity contribution < 1.29 is 27.8 Å². The fourth-order valence-corrected chi connectivity index (χ4v) is 4.76. The summed E-state index contributed by atoms with van der Waals surface area (Å²) < 4.78 is 33.8. The molecule has 0 aliphatic carbocycles. The van der Waals surface area contributed by atoms with Crippen molar-refractivity contribution >= 4 is 11.9 Å². The number of hydrogen-bond acceptors (Lipinski definition) is 6. The number of carbonyl (C=O) groups excluding carboxylic acids is 2. The number of hydrogen-bond donors (Lipinski definition) is 2. The van der Waals surface area contributed by atoms with Crippen LogP contribution in [0, 0.1) is 16.8 Å². The van der Waals surface area contributed by atoms with Crippen LogP contribution in [0.2, 0.25) is 0 Å². The average molecular weight is 583 g/mol. The van der Waals surface area contributed by atoms with E-state index in [1.54, 1.807) is 4.90 Å². The number of ether oxygens (including phenoxy) is 1. The number of rotatable bonds is 15. The topological polar surface area (TPSA) is 112 Å².